The first-order valence-electron chi connectivity index (χ1n) is 5.68. The minimum Gasteiger partial charge on any atom is -0.336 e. The number of carbonyl (C=O) groups excluding carboxylic acids is 1. The molecule has 4 nitrogen and oxygen atoms in total. The van der Waals surface area contributed by atoms with Gasteiger partial charge in [-0.2, -0.15) is 0 Å². The first-order valence-corrected chi connectivity index (χ1v) is 5.68. The largest absolute Gasteiger partial charge is 0.336 e. The molecule has 4 heteroatoms. The Hall–Kier alpha value is -1.55. The van der Waals surface area contributed by atoms with Crippen molar-refractivity contribution >= 4 is 11.7 Å². The van der Waals surface area contributed by atoms with Crippen molar-refractivity contribution < 1.29 is 4.79 Å². The van der Waals surface area contributed by atoms with Gasteiger partial charge in [0, 0.05) is 18.3 Å². The second kappa shape index (κ2) is 5.51. The van der Waals surface area contributed by atoms with E-state index in [0.29, 0.717) is 12.6 Å². The Morgan fingerprint density at radius 1 is 1.38 bits per heavy atom. The van der Waals surface area contributed by atoms with Crippen LogP contribution in [-0.2, 0) is 0 Å². The van der Waals surface area contributed by atoms with Crippen LogP contribution < -0.4 is 16.0 Å². The summed E-state index contributed by atoms with van der Waals surface area (Å²) in [5.74, 6) is 0. The highest BCUT2D eigenvalue weighted by molar-refractivity contribution is 5.89. The molecule has 2 amide bonds. The van der Waals surface area contributed by atoms with Crippen molar-refractivity contribution in [2.75, 3.05) is 18.4 Å². The predicted octanol–water partition coefficient (Wildman–Crippen LogP) is 1.56. The maximum atomic E-state index is 11.5. The predicted molar refractivity (Wildman–Crippen MR) is 64.5 cm³/mol. The van der Waals surface area contributed by atoms with E-state index in [-0.39, 0.29) is 6.03 Å². The molecule has 1 aliphatic rings. The van der Waals surface area contributed by atoms with Crippen LogP contribution in [0.4, 0.5) is 10.5 Å². The van der Waals surface area contributed by atoms with Gasteiger partial charge in [0.1, 0.15) is 0 Å². The van der Waals surface area contributed by atoms with E-state index in [0.717, 1.165) is 18.7 Å². The van der Waals surface area contributed by atoms with Gasteiger partial charge < -0.3 is 16.0 Å². The van der Waals surface area contributed by atoms with Gasteiger partial charge in [-0.05, 0) is 31.5 Å². The molecule has 1 saturated heterocycles. The number of benzene rings is 1. The van der Waals surface area contributed by atoms with Crippen molar-refractivity contribution in [1.29, 1.82) is 0 Å². The van der Waals surface area contributed by atoms with Crippen LogP contribution in [0.5, 0.6) is 0 Å². The fraction of sp³-hybridized carbons (Fsp3) is 0.417. The summed E-state index contributed by atoms with van der Waals surface area (Å²) in [7, 11) is 0. The lowest BCUT2D eigenvalue weighted by Gasteiger charge is -2.12. The molecule has 3 N–H and O–H groups in total. The summed E-state index contributed by atoms with van der Waals surface area (Å²) in [6, 6.07) is 9.75. The molecule has 1 aromatic carbocycles. The number of para-hydroxylation sites is 1. The summed E-state index contributed by atoms with van der Waals surface area (Å²) in [5, 5.41) is 8.98. The third kappa shape index (κ3) is 3.24. The highest BCUT2D eigenvalue weighted by atomic mass is 16.2. The van der Waals surface area contributed by atoms with Crippen LogP contribution in [0.2, 0.25) is 0 Å². The third-order valence-corrected chi connectivity index (χ3v) is 2.70. The summed E-state index contributed by atoms with van der Waals surface area (Å²) in [6.07, 6.45) is 2.35. The molecule has 0 aromatic heterocycles. The molecule has 0 saturated carbocycles. The fourth-order valence-electron chi connectivity index (χ4n) is 1.84. The van der Waals surface area contributed by atoms with E-state index < -0.39 is 0 Å². The van der Waals surface area contributed by atoms with Gasteiger partial charge in [0.25, 0.3) is 0 Å². The van der Waals surface area contributed by atoms with E-state index in [9.17, 15) is 4.79 Å². The van der Waals surface area contributed by atoms with Gasteiger partial charge in [-0.3, -0.25) is 0 Å². The molecule has 0 radical (unpaired) electrons. The zero-order chi connectivity index (χ0) is 11.2. The van der Waals surface area contributed by atoms with Crippen LogP contribution in [0.25, 0.3) is 0 Å². The van der Waals surface area contributed by atoms with E-state index in [1.807, 2.05) is 30.3 Å². The molecule has 16 heavy (non-hydrogen) atoms. The molecule has 2 rings (SSSR count). The molecule has 1 heterocycles. The van der Waals surface area contributed by atoms with Crippen molar-refractivity contribution in [2.24, 2.45) is 0 Å². The minimum atomic E-state index is -0.139. The normalized spacial score (nSPS) is 19.4. The lowest BCUT2D eigenvalue weighted by molar-refractivity contribution is 0.251. The second-order valence-electron chi connectivity index (χ2n) is 3.99. The summed E-state index contributed by atoms with van der Waals surface area (Å²) >= 11 is 0. The average molecular weight is 219 g/mol. The van der Waals surface area contributed by atoms with Gasteiger partial charge >= 0.3 is 6.03 Å². The SMILES string of the molecule is O=C(NCC1CCCN1)Nc1ccccc1. The highest BCUT2D eigenvalue weighted by Crippen LogP contribution is 2.05. The molecule has 1 aliphatic heterocycles. The molecule has 1 aromatic rings. The summed E-state index contributed by atoms with van der Waals surface area (Å²) < 4.78 is 0. The maximum absolute atomic E-state index is 11.5. The third-order valence-electron chi connectivity index (χ3n) is 2.70. The number of amides is 2. The van der Waals surface area contributed by atoms with E-state index in [2.05, 4.69) is 16.0 Å². The van der Waals surface area contributed by atoms with E-state index in [1.54, 1.807) is 0 Å². The van der Waals surface area contributed by atoms with Crippen LogP contribution in [0, 0.1) is 0 Å². The highest BCUT2D eigenvalue weighted by Gasteiger charge is 2.14. The first-order chi connectivity index (χ1) is 7.84. The van der Waals surface area contributed by atoms with Crippen LogP contribution in [0.15, 0.2) is 30.3 Å². The molecular formula is C12H17N3O. The Balaban J connectivity index is 1.72. The van der Waals surface area contributed by atoms with Crippen molar-refractivity contribution in [3.8, 4) is 0 Å². The van der Waals surface area contributed by atoms with Gasteiger partial charge in [0.05, 0.1) is 0 Å². The standard InChI is InChI=1S/C12H17N3O/c16-12(14-9-11-7-4-8-13-11)15-10-5-2-1-3-6-10/h1-3,5-6,11,13H,4,7-9H2,(H2,14,15,16). The zero-order valence-corrected chi connectivity index (χ0v) is 9.20. The van der Waals surface area contributed by atoms with Gasteiger partial charge in [-0.1, -0.05) is 18.2 Å². The lowest BCUT2D eigenvalue weighted by atomic mass is 10.2. The van der Waals surface area contributed by atoms with Crippen molar-refractivity contribution in [3.63, 3.8) is 0 Å². The van der Waals surface area contributed by atoms with Gasteiger partial charge in [0.15, 0.2) is 0 Å². The van der Waals surface area contributed by atoms with Crippen molar-refractivity contribution in [3.05, 3.63) is 30.3 Å². The molecule has 0 spiro atoms. The van der Waals surface area contributed by atoms with E-state index in [1.165, 1.54) is 6.42 Å². The molecule has 86 valence electrons. The minimum absolute atomic E-state index is 0.139. The lowest BCUT2D eigenvalue weighted by Crippen LogP contribution is -2.39. The summed E-state index contributed by atoms with van der Waals surface area (Å²) in [6.45, 7) is 1.76. The number of hydrogen-bond acceptors (Lipinski definition) is 2. The van der Waals surface area contributed by atoms with Crippen molar-refractivity contribution in [2.45, 2.75) is 18.9 Å². The molecule has 1 fully saturated rings. The van der Waals surface area contributed by atoms with Gasteiger partial charge in [-0.25, -0.2) is 4.79 Å². The number of rotatable bonds is 3. The van der Waals surface area contributed by atoms with Gasteiger partial charge in [-0.15, -0.1) is 0 Å². The Morgan fingerprint density at radius 3 is 2.88 bits per heavy atom. The Kier molecular flexibility index (Phi) is 3.77. The Bertz CT molecular complexity index is 333. The number of carbonyl (C=O) groups is 1. The van der Waals surface area contributed by atoms with Crippen LogP contribution in [0.3, 0.4) is 0 Å². The zero-order valence-electron chi connectivity index (χ0n) is 9.20. The fourth-order valence-corrected chi connectivity index (χ4v) is 1.84. The van der Waals surface area contributed by atoms with Crippen molar-refractivity contribution in [1.82, 2.24) is 10.6 Å². The average Bonchev–Trinajstić information content (AvgIpc) is 2.81. The number of hydrogen-bond donors (Lipinski definition) is 3. The summed E-state index contributed by atoms with van der Waals surface area (Å²) in [5.41, 5.74) is 0.819. The maximum Gasteiger partial charge on any atom is 0.319 e. The Labute approximate surface area is 95.4 Å². The molecule has 1 unspecified atom stereocenters. The summed E-state index contributed by atoms with van der Waals surface area (Å²) in [4.78, 5) is 11.5. The monoisotopic (exact) mass is 219 g/mol. The van der Waals surface area contributed by atoms with Crippen LogP contribution in [0.1, 0.15) is 12.8 Å². The molecule has 0 bridgehead atoms. The number of urea groups is 1. The van der Waals surface area contributed by atoms with E-state index in [4.69, 9.17) is 0 Å². The Morgan fingerprint density at radius 2 is 2.19 bits per heavy atom. The van der Waals surface area contributed by atoms with Gasteiger partial charge in [0.2, 0.25) is 0 Å². The quantitative estimate of drug-likeness (QED) is 0.722. The topological polar surface area (TPSA) is 53.2 Å². The van der Waals surface area contributed by atoms with Crippen LogP contribution >= 0.6 is 0 Å². The molecule has 0 aliphatic carbocycles. The number of anilines is 1. The number of nitrogens with one attached hydrogen (secondary N) is 3. The smallest absolute Gasteiger partial charge is 0.319 e. The first kappa shape index (κ1) is 11.0. The molecule has 1 atom stereocenters. The van der Waals surface area contributed by atoms with E-state index >= 15 is 0 Å². The second-order valence-corrected chi connectivity index (χ2v) is 3.99. The van der Waals surface area contributed by atoms with Crippen LogP contribution in [-0.4, -0.2) is 25.2 Å². The molecular weight excluding hydrogens is 202 g/mol.